The van der Waals surface area contributed by atoms with Crippen molar-refractivity contribution >= 4 is 7.21 Å². The second-order valence-electron chi connectivity index (χ2n) is 7.74. The zero-order valence-corrected chi connectivity index (χ0v) is 17.6. The van der Waals surface area contributed by atoms with Gasteiger partial charge in [-0.25, -0.2) is 0 Å². The first kappa shape index (κ1) is 23.8. The Morgan fingerprint density at radius 2 is 1.29 bits per heavy atom. The van der Waals surface area contributed by atoms with E-state index in [2.05, 4.69) is 13.0 Å². The van der Waals surface area contributed by atoms with Crippen LogP contribution in [0, 0.1) is 11.3 Å². The van der Waals surface area contributed by atoms with Crippen molar-refractivity contribution in [2.45, 2.75) is 104 Å². The number of hydrogen-bond acceptors (Lipinski definition) is 4. The molecule has 0 saturated heterocycles. The fraction of sp³-hybridized carbons (Fsp3) is 0.947. The van der Waals surface area contributed by atoms with E-state index in [9.17, 15) is 9.79 Å². The van der Waals surface area contributed by atoms with Gasteiger partial charge in [-0.05, 0) is 0 Å². The maximum absolute atomic E-state index is 11.3. The molecule has 0 aromatic heterocycles. The van der Waals surface area contributed by atoms with E-state index in [4.69, 9.17) is 5.26 Å². The molecule has 0 rings (SSSR count). The van der Waals surface area contributed by atoms with Gasteiger partial charge in [-0.2, -0.15) is 0 Å². The number of hydrogen-bond donors (Lipinski definition) is 2. The molecule has 0 unspecified atom stereocenters. The molecule has 0 amide bonds. The second kappa shape index (κ2) is 11.4. The van der Waals surface area contributed by atoms with Gasteiger partial charge in [-0.15, -0.1) is 0 Å². The third-order valence-corrected chi connectivity index (χ3v) is 9.11. The minimum atomic E-state index is -3.98. The molecule has 0 atom stereocenters. The summed E-state index contributed by atoms with van der Waals surface area (Å²) in [6.07, 6.45) is 10.3. The van der Waals surface area contributed by atoms with Crippen molar-refractivity contribution in [2.75, 3.05) is 12.3 Å². The normalized spacial score (nSPS) is 14.1. The van der Waals surface area contributed by atoms with Gasteiger partial charge < -0.3 is 0 Å². The molecule has 5 heteroatoms. The first-order valence-corrected chi connectivity index (χ1v) is 12.3. The van der Waals surface area contributed by atoms with Gasteiger partial charge in [-0.3, -0.25) is 0 Å². The summed E-state index contributed by atoms with van der Waals surface area (Å²) in [5.41, 5.74) is 0. The van der Waals surface area contributed by atoms with Crippen LogP contribution in [0.25, 0.3) is 0 Å². The molecule has 0 aromatic carbocycles. The summed E-state index contributed by atoms with van der Waals surface area (Å²) in [5, 5.41) is 8.95. The fourth-order valence-corrected chi connectivity index (χ4v) is 8.10. The van der Waals surface area contributed by atoms with E-state index in [1.54, 1.807) is 0 Å². The molecule has 0 heterocycles. The molecule has 0 aliphatic carbocycles. The molecule has 0 bridgehead atoms. The summed E-state index contributed by atoms with van der Waals surface area (Å²) in [6, 6.07) is 2.22. The van der Waals surface area contributed by atoms with E-state index in [-0.39, 0.29) is 24.7 Å². The first-order chi connectivity index (χ1) is 11.2. The summed E-state index contributed by atoms with van der Waals surface area (Å²) in [5.74, 6) is 0. The average Bonchev–Trinajstić information content (AvgIpc) is 2.47. The van der Waals surface area contributed by atoms with Crippen LogP contribution >= 0.6 is 7.21 Å². The maximum atomic E-state index is 11.3. The van der Waals surface area contributed by atoms with E-state index in [0.717, 1.165) is 19.3 Å². The van der Waals surface area contributed by atoms with E-state index >= 15 is 0 Å². The van der Waals surface area contributed by atoms with Crippen molar-refractivity contribution in [3.63, 3.8) is 0 Å². The summed E-state index contributed by atoms with van der Waals surface area (Å²) in [7, 11) is -3.98. The fourth-order valence-electron chi connectivity index (χ4n) is 3.85. The van der Waals surface area contributed by atoms with Gasteiger partial charge >= 0.3 is 150 Å². The molecule has 2 N–H and O–H groups in total. The van der Waals surface area contributed by atoms with Crippen LogP contribution in [0.2, 0.25) is 0 Å². The van der Waals surface area contributed by atoms with Crippen molar-refractivity contribution in [1.29, 1.82) is 5.26 Å². The van der Waals surface area contributed by atoms with Gasteiger partial charge in [-0.1, -0.05) is 0 Å². The average molecular weight is 361 g/mol. The molecule has 0 saturated carbocycles. The van der Waals surface area contributed by atoms with Crippen LogP contribution in [0.3, 0.4) is 0 Å². The molecule has 144 valence electrons. The second-order valence-corrected chi connectivity index (χ2v) is 11.8. The Balaban J connectivity index is 4.66. The summed E-state index contributed by atoms with van der Waals surface area (Å²) in [4.78, 5) is 22.7. The van der Waals surface area contributed by atoms with Crippen molar-refractivity contribution in [3.8, 4) is 6.07 Å². The predicted molar refractivity (Wildman–Crippen MR) is 106 cm³/mol. The quantitative estimate of drug-likeness (QED) is 0.319. The van der Waals surface area contributed by atoms with E-state index < -0.39 is 7.21 Å². The van der Waals surface area contributed by atoms with Crippen LogP contribution in [-0.4, -0.2) is 38.9 Å². The molecular formula is C19H41N2O2P. The van der Waals surface area contributed by atoms with Gasteiger partial charge in [0.15, 0.2) is 0 Å². The summed E-state index contributed by atoms with van der Waals surface area (Å²) in [6.45, 7) is 10.3. The standard InChI is InChI=1S/C19H41N2O2P/c1-6-7-8-9-10-11-12-13-16-24(22,23,17-14-15-20)21(18(2)3)19(4)5/h18-19,22-23H,6-14,16-17H2,1-5H3. The van der Waals surface area contributed by atoms with E-state index in [1.807, 2.05) is 32.4 Å². The van der Waals surface area contributed by atoms with Crippen LogP contribution < -0.4 is 0 Å². The Hall–Kier alpha value is -0.200. The van der Waals surface area contributed by atoms with E-state index in [1.165, 1.54) is 32.1 Å². The molecule has 24 heavy (non-hydrogen) atoms. The van der Waals surface area contributed by atoms with Gasteiger partial charge in [0.05, 0.1) is 0 Å². The van der Waals surface area contributed by atoms with Crippen molar-refractivity contribution in [3.05, 3.63) is 0 Å². The SMILES string of the molecule is CCCCCCCCCCP(O)(O)(CCC#N)N(C(C)C)C(C)C. The third kappa shape index (κ3) is 8.26. The molecular weight excluding hydrogens is 319 g/mol. The zero-order valence-electron chi connectivity index (χ0n) is 16.7. The van der Waals surface area contributed by atoms with Crippen molar-refractivity contribution < 1.29 is 9.79 Å². The number of nitrogens with zero attached hydrogens (tertiary/aromatic N) is 2. The van der Waals surface area contributed by atoms with Crippen LogP contribution in [0.4, 0.5) is 0 Å². The topological polar surface area (TPSA) is 67.5 Å². The summed E-state index contributed by atoms with van der Waals surface area (Å²) >= 11 is 0. The first-order valence-electron chi connectivity index (χ1n) is 9.84. The van der Waals surface area contributed by atoms with Gasteiger partial charge in [0, 0.05) is 0 Å². The minimum absolute atomic E-state index is 0.0606. The van der Waals surface area contributed by atoms with Gasteiger partial charge in [0.25, 0.3) is 0 Å². The Morgan fingerprint density at radius 3 is 1.71 bits per heavy atom. The Labute approximate surface area is 150 Å². The molecule has 4 nitrogen and oxygen atoms in total. The van der Waals surface area contributed by atoms with Crippen LogP contribution in [0.1, 0.15) is 92.4 Å². The number of unbranched alkanes of at least 4 members (excludes halogenated alkanes) is 7. The van der Waals surface area contributed by atoms with Crippen LogP contribution in [0.5, 0.6) is 0 Å². The number of nitriles is 1. The zero-order chi connectivity index (χ0) is 18.7. The van der Waals surface area contributed by atoms with Gasteiger partial charge in [0.2, 0.25) is 0 Å². The van der Waals surface area contributed by atoms with E-state index in [0.29, 0.717) is 6.16 Å². The molecule has 0 aromatic rings. The Morgan fingerprint density at radius 1 is 0.833 bits per heavy atom. The Bertz CT molecular complexity index is 370. The summed E-state index contributed by atoms with van der Waals surface area (Å²) < 4.78 is 1.89. The Kier molecular flexibility index (Phi) is 11.3. The van der Waals surface area contributed by atoms with Crippen LogP contribution in [-0.2, 0) is 0 Å². The molecule has 0 fully saturated rings. The molecule has 0 aliphatic rings. The molecule has 0 aliphatic heterocycles. The van der Waals surface area contributed by atoms with Gasteiger partial charge in [0.1, 0.15) is 0 Å². The molecule has 0 radical (unpaired) electrons. The van der Waals surface area contributed by atoms with Crippen molar-refractivity contribution in [1.82, 2.24) is 4.67 Å². The van der Waals surface area contributed by atoms with Crippen molar-refractivity contribution in [2.24, 2.45) is 0 Å². The monoisotopic (exact) mass is 360 g/mol. The molecule has 0 spiro atoms. The van der Waals surface area contributed by atoms with Crippen LogP contribution in [0.15, 0.2) is 0 Å². The number of rotatable bonds is 14. The predicted octanol–water partition coefficient (Wildman–Crippen LogP) is 5.44. The third-order valence-electron chi connectivity index (χ3n) is 4.74.